The molecular weight excluding hydrogens is 233 g/mol. The third-order valence-electron chi connectivity index (χ3n) is 1.88. The Morgan fingerprint density at radius 3 is 2.88 bits per heavy atom. The number of hydrogen-bond acceptors (Lipinski definition) is 4. The number of nitrogens with one attached hydrogen (secondary N) is 1. The molecule has 0 unspecified atom stereocenters. The zero-order valence-electron chi connectivity index (χ0n) is 8.50. The molecule has 1 aromatic heterocycles. The number of aryl methyl sites for hydroxylation is 1. The van der Waals surface area contributed by atoms with Crippen LogP contribution in [0, 0.1) is 12.7 Å². The van der Waals surface area contributed by atoms with Crippen LogP contribution in [0.2, 0.25) is 5.02 Å². The fourth-order valence-corrected chi connectivity index (χ4v) is 1.47. The first-order valence-corrected chi connectivity index (χ1v) is 5.00. The van der Waals surface area contributed by atoms with Crippen molar-refractivity contribution in [3.63, 3.8) is 0 Å². The van der Waals surface area contributed by atoms with E-state index in [-0.39, 0.29) is 5.82 Å². The van der Waals surface area contributed by atoms with E-state index in [0.29, 0.717) is 29.0 Å². The monoisotopic (exact) mass is 241 g/mol. The first-order valence-electron chi connectivity index (χ1n) is 4.62. The summed E-state index contributed by atoms with van der Waals surface area (Å²) in [7, 11) is 0. The van der Waals surface area contributed by atoms with Gasteiger partial charge in [0.05, 0.1) is 6.54 Å². The minimum Gasteiger partial charge on any atom is -0.377 e. The standard InChI is InChI=1S/C10H9ClFN3O/c1-6-14-10(15-16-6)5-13-9-3-7(11)2-8(12)4-9/h2-4,13H,5H2,1H3. The highest BCUT2D eigenvalue weighted by Crippen LogP contribution is 2.18. The van der Waals surface area contributed by atoms with Crippen molar-refractivity contribution in [1.82, 2.24) is 10.1 Å². The zero-order valence-corrected chi connectivity index (χ0v) is 9.25. The molecule has 0 amide bonds. The van der Waals surface area contributed by atoms with E-state index < -0.39 is 0 Å². The van der Waals surface area contributed by atoms with Gasteiger partial charge < -0.3 is 9.84 Å². The van der Waals surface area contributed by atoms with Gasteiger partial charge in [-0.15, -0.1) is 0 Å². The van der Waals surface area contributed by atoms with E-state index in [4.69, 9.17) is 16.1 Å². The van der Waals surface area contributed by atoms with Crippen LogP contribution in [0.4, 0.5) is 10.1 Å². The van der Waals surface area contributed by atoms with Crippen molar-refractivity contribution in [2.75, 3.05) is 5.32 Å². The molecular formula is C10H9ClFN3O. The lowest BCUT2D eigenvalue weighted by molar-refractivity contribution is 0.388. The number of hydrogen-bond donors (Lipinski definition) is 1. The summed E-state index contributed by atoms with van der Waals surface area (Å²) in [4.78, 5) is 4.00. The number of halogens is 2. The highest BCUT2D eigenvalue weighted by molar-refractivity contribution is 6.30. The van der Waals surface area contributed by atoms with Crippen LogP contribution in [0.1, 0.15) is 11.7 Å². The van der Waals surface area contributed by atoms with Gasteiger partial charge in [0, 0.05) is 17.6 Å². The van der Waals surface area contributed by atoms with Crippen LogP contribution >= 0.6 is 11.6 Å². The molecule has 2 rings (SSSR count). The predicted molar refractivity (Wildman–Crippen MR) is 57.8 cm³/mol. The van der Waals surface area contributed by atoms with Gasteiger partial charge in [-0.25, -0.2) is 4.39 Å². The highest BCUT2D eigenvalue weighted by atomic mass is 35.5. The van der Waals surface area contributed by atoms with Crippen molar-refractivity contribution >= 4 is 17.3 Å². The second-order valence-corrected chi connectivity index (χ2v) is 3.68. The van der Waals surface area contributed by atoms with E-state index >= 15 is 0 Å². The van der Waals surface area contributed by atoms with Crippen LogP contribution in [0.5, 0.6) is 0 Å². The Morgan fingerprint density at radius 1 is 1.44 bits per heavy atom. The topological polar surface area (TPSA) is 51.0 Å². The van der Waals surface area contributed by atoms with Crippen LogP contribution in [-0.4, -0.2) is 10.1 Å². The Kier molecular flexibility index (Phi) is 3.05. The van der Waals surface area contributed by atoms with Crippen molar-refractivity contribution in [2.24, 2.45) is 0 Å². The summed E-state index contributed by atoms with van der Waals surface area (Å²) in [5.74, 6) is 0.617. The summed E-state index contributed by atoms with van der Waals surface area (Å²) in [6.07, 6.45) is 0. The molecule has 1 N–H and O–H groups in total. The Bertz CT molecular complexity index is 480. The van der Waals surface area contributed by atoms with Gasteiger partial charge in [0.1, 0.15) is 5.82 Å². The summed E-state index contributed by atoms with van der Waals surface area (Å²) in [5.41, 5.74) is 0.576. The molecule has 0 aliphatic carbocycles. The fraction of sp³-hybridized carbons (Fsp3) is 0.200. The minimum absolute atomic E-state index is 0.340. The van der Waals surface area contributed by atoms with Gasteiger partial charge in [0.15, 0.2) is 5.82 Å². The first-order chi connectivity index (χ1) is 7.63. The van der Waals surface area contributed by atoms with Gasteiger partial charge in [-0.2, -0.15) is 4.98 Å². The Morgan fingerprint density at radius 2 is 2.25 bits per heavy atom. The molecule has 16 heavy (non-hydrogen) atoms. The van der Waals surface area contributed by atoms with Gasteiger partial charge in [0.2, 0.25) is 5.89 Å². The fourth-order valence-electron chi connectivity index (χ4n) is 1.25. The predicted octanol–water partition coefficient (Wildman–Crippen LogP) is 2.78. The van der Waals surface area contributed by atoms with E-state index in [1.807, 2.05) is 0 Å². The van der Waals surface area contributed by atoms with Crippen molar-refractivity contribution in [3.05, 3.63) is 40.8 Å². The lowest BCUT2D eigenvalue weighted by Crippen LogP contribution is -2.01. The molecule has 6 heteroatoms. The Balaban J connectivity index is 2.04. The SMILES string of the molecule is Cc1nc(CNc2cc(F)cc(Cl)c2)no1. The molecule has 4 nitrogen and oxygen atoms in total. The maximum Gasteiger partial charge on any atom is 0.223 e. The van der Waals surface area contributed by atoms with E-state index in [1.54, 1.807) is 13.0 Å². The average Bonchev–Trinajstić information content (AvgIpc) is 2.60. The third kappa shape index (κ3) is 2.70. The van der Waals surface area contributed by atoms with E-state index in [0.717, 1.165) is 0 Å². The van der Waals surface area contributed by atoms with Gasteiger partial charge in [-0.1, -0.05) is 16.8 Å². The molecule has 2 aromatic rings. The van der Waals surface area contributed by atoms with E-state index in [2.05, 4.69) is 15.5 Å². The number of aromatic nitrogens is 2. The zero-order chi connectivity index (χ0) is 11.5. The van der Waals surface area contributed by atoms with Gasteiger partial charge >= 0.3 is 0 Å². The van der Waals surface area contributed by atoms with Gasteiger partial charge in [-0.3, -0.25) is 0 Å². The average molecular weight is 242 g/mol. The summed E-state index contributed by atoms with van der Waals surface area (Å²) in [5, 5.41) is 6.99. The van der Waals surface area contributed by atoms with E-state index in [9.17, 15) is 4.39 Å². The lowest BCUT2D eigenvalue weighted by Gasteiger charge is -2.03. The maximum absolute atomic E-state index is 13.0. The third-order valence-corrected chi connectivity index (χ3v) is 2.10. The molecule has 0 fully saturated rings. The maximum atomic E-state index is 13.0. The molecule has 0 radical (unpaired) electrons. The highest BCUT2D eigenvalue weighted by Gasteiger charge is 2.03. The number of anilines is 1. The molecule has 1 aromatic carbocycles. The second-order valence-electron chi connectivity index (χ2n) is 3.24. The van der Waals surface area contributed by atoms with E-state index in [1.165, 1.54) is 12.1 Å². The number of benzene rings is 1. The normalized spacial score (nSPS) is 10.4. The molecule has 84 valence electrons. The first kappa shape index (κ1) is 10.9. The minimum atomic E-state index is -0.390. The van der Waals surface area contributed by atoms with Crippen molar-refractivity contribution in [1.29, 1.82) is 0 Å². The van der Waals surface area contributed by atoms with Gasteiger partial charge in [-0.05, 0) is 18.2 Å². The molecule has 0 saturated heterocycles. The smallest absolute Gasteiger partial charge is 0.223 e. The molecule has 0 spiro atoms. The molecule has 0 aliphatic rings. The molecule has 0 aliphatic heterocycles. The summed E-state index contributed by atoms with van der Waals surface area (Å²) in [6, 6.07) is 4.21. The van der Waals surface area contributed by atoms with Crippen LogP contribution in [0.3, 0.4) is 0 Å². The summed E-state index contributed by atoms with van der Waals surface area (Å²) >= 11 is 5.71. The van der Waals surface area contributed by atoms with Crippen LogP contribution in [0.15, 0.2) is 22.7 Å². The number of rotatable bonds is 3. The quantitative estimate of drug-likeness (QED) is 0.898. The molecule has 0 atom stereocenters. The van der Waals surface area contributed by atoms with Crippen molar-refractivity contribution < 1.29 is 8.91 Å². The molecule has 0 saturated carbocycles. The van der Waals surface area contributed by atoms with Crippen LogP contribution in [-0.2, 0) is 6.54 Å². The summed E-state index contributed by atoms with van der Waals surface area (Å²) < 4.78 is 17.8. The van der Waals surface area contributed by atoms with Crippen molar-refractivity contribution in [2.45, 2.75) is 13.5 Å². The Labute approximate surface area is 96.4 Å². The lowest BCUT2D eigenvalue weighted by atomic mass is 10.3. The van der Waals surface area contributed by atoms with Crippen molar-refractivity contribution in [3.8, 4) is 0 Å². The second kappa shape index (κ2) is 4.49. The Hall–Kier alpha value is -1.62. The van der Waals surface area contributed by atoms with Crippen LogP contribution in [0.25, 0.3) is 0 Å². The van der Waals surface area contributed by atoms with Crippen LogP contribution < -0.4 is 5.32 Å². The largest absolute Gasteiger partial charge is 0.377 e. The molecule has 1 heterocycles. The summed E-state index contributed by atoms with van der Waals surface area (Å²) in [6.45, 7) is 2.06. The van der Waals surface area contributed by atoms with Gasteiger partial charge in [0.25, 0.3) is 0 Å². The number of nitrogens with zero attached hydrogens (tertiary/aromatic N) is 2. The molecule has 0 bridgehead atoms.